The van der Waals surface area contributed by atoms with Gasteiger partial charge in [0.15, 0.2) is 0 Å². The lowest BCUT2D eigenvalue weighted by Gasteiger charge is -2.27. The van der Waals surface area contributed by atoms with Gasteiger partial charge in [-0.2, -0.15) is 0 Å². The van der Waals surface area contributed by atoms with E-state index in [0.29, 0.717) is 12.8 Å². The number of carbonyl (C=O) groups excluding carboxylic acids is 4. The van der Waals surface area contributed by atoms with E-state index in [0.717, 1.165) is 25.7 Å². The summed E-state index contributed by atoms with van der Waals surface area (Å²) >= 11 is 0. The number of esters is 4. The van der Waals surface area contributed by atoms with E-state index in [2.05, 4.69) is 11.3 Å². The Bertz CT molecular complexity index is 1020. The number of carbonyl (C=O) groups is 5. The highest BCUT2D eigenvalue weighted by molar-refractivity contribution is 5.86. The van der Waals surface area contributed by atoms with Gasteiger partial charge in [0.25, 0.3) is 0 Å². The molecule has 1 saturated carbocycles. The highest BCUT2D eigenvalue weighted by Crippen LogP contribution is 2.27. The molecule has 11 heteroatoms. The van der Waals surface area contributed by atoms with Crippen LogP contribution in [0.3, 0.4) is 0 Å². The highest BCUT2D eigenvalue weighted by Gasteiger charge is 2.30. The fraction of sp³-hybridized carbons (Fsp3) is 0.816. The summed E-state index contributed by atoms with van der Waals surface area (Å²) in [5.74, 6) is -1.83. The molecule has 49 heavy (non-hydrogen) atoms. The van der Waals surface area contributed by atoms with Crippen LogP contribution in [0.15, 0.2) is 12.2 Å². The van der Waals surface area contributed by atoms with Crippen molar-refractivity contribution in [3.63, 3.8) is 0 Å². The van der Waals surface area contributed by atoms with Gasteiger partial charge in [-0.25, -0.2) is 4.79 Å². The second-order valence-corrected chi connectivity index (χ2v) is 15.0. The van der Waals surface area contributed by atoms with E-state index in [9.17, 15) is 29.1 Å². The van der Waals surface area contributed by atoms with Crippen molar-refractivity contribution in [2.75, 3.05) is 20.3 Å². The molecule has 0 spiro atoms. The molecule has 11 nitrogen and oxygen atoms in total. The van der Waals surface area contributed by atoms with Gasteiger partial charge in [0.2, 0.25) is 0 Å². The number of hydrogen-bond donors (Lipinski definition) is 2. The molecule has 0 heterocycles. The summed E-state index contributed by atoms with van der Waals surface area (Å²) in [6.07, 6.45) is 8.01. The van der Waals surface area contributed by atoms with Crippen LogP contribution < -0.4 is 0 Å². The summed E-state index contributed by atoms with van der Waals surface area (Å²) < 4.78 is 19.8. The number of carboxylic acid groups (broad SMARTS) is 1. The maximum absolute atomic E-state index is 11.7. The molecule has 0 saturated heterocycles. The Morgan fingerprint density at radius 1 is 0.673 bits per heavy atom. The van der Waals surface area contributed by atoms with Crippen molar-refractivity contribution in [3.8, 4) is 0 Å². The molecule has 1 atom stereocenters. The SMILES string of the molecule is C=C(C)C(=O)OCC(O)COC(=O)C(C)(C)CC.CCC(C)(C)C(=O)O.CCC(C)(C)C(=O)OC.CCC(C)(C)C(=O)OC1CCCCC1. The average molecular weight is 703 g/mol. The van der Waals surface area contributed by atoms with Gasteiger partial charge >= 0.3 is 29.8 Å². The summed E-state index contributed by atoms with van der Waals surface area (Å²) in [5.41, 5.74) is -1.48. The van der Waals surface area contributed by atoms with Crippen molar-refractivity contribution in [1.82, 2.24) is 0 Å². The molecule has 2 N–H and O–H groups in total. The minimum absolute atomic E-state index is 0.0214. The second-order valence-electron chi connectivity index (χ2n) is 15.0. The van der Waals surface area contributed by atoms with Crippen LogP contribution in [0.1, 0.15) is 148 Å². The Labute approximate surface area is 296 Å². The van der Waals surface area contributed by atoms with Gasteiger partial charge in [-0.05, 0) is 114 Å². The van der Waals surface area contributed by atoms with Gasteiger partial charge in [0, 0.05) is 5.57 Å². The molecule has 1 aliphatic carbocycles. The van der Waals surface area contributed by atoms with Crippen LogP contribution in [0.2, 0.25) is 0 Å². The molecule has 288 valence electrons. The minimum Gasteiger partial charge on any atom is -0.481 e. The maximum Gasteiger partial charge on any atom is 0.333 e. The number of hydrogen-bond acceptors (Lipinski definition) is 10. The zero-order valence-corrected chi connectivity index (χ0v) is 33.2. The first kappa shape index (κ1) is 50.4. The summed E-state index contributed by atoms with van der Waals surface area (Å²) in [6.45, 7) is 26.9. The number of aliphatic hydroxyl groups excluding tert-OH is 1. The molecule has 0 aromatic rings. The number of carboxylic acids is 1. The maximum atomic E-state index is 11.7. The topological polar surface area (TPSA) is 163 Å². The van der Waals surface area contributed by atoms with Gasteiger partial charge in [0.05, 0.1) is 28.8 Å². The lowest BCUT2D eigenvalue weighted by atomic mass is 9.90. The van der Waals surface area contributed by atoms with E-state index in [1.807, 2.05) is 55.4 Å². The van der Waals surface area contributed by atoms with Crippen LogP contribution in [0.5, 0.6) is 0 Å². The monoisotopic (exact) mass is 702 g/mol. The molecule has 0 amide bonds. The third-order valence-electron chi connectivity index (χ3n) is 8.95. The smallest absolute Gasteiger partial charge is 0.333 e. The van der Waals surface area contributed by atoms with Crippen molar-refractivity contribution in [3.05, 3.63) is 12.2 Å². The predicted octanol–water partition coefficient (Wildman–Crippen LogP) is 7.85. The second kappa shape index (κ2) is 24.2. The summed E-state index contributed by atoms with van der Waals surface area (Å²) in [4.78, 5) is 55.5. The van der Waals surface area contributed by atoms with E-state index in [1.54, 1.807) is 27.7 Å². The van der Waals surface area contributed by atoms with Crippen LogP contribution in [-0.2, 0) is 42.9 Å². The number of ether oxygens (including phenoxy) is 4. The normalized spacial score (nSPS) is 14.1. The molecule has 0 bridgehead atoms. The Balaban J connectivity index is -0.000000607. The first-order valence-corrected chi connectivity index (χ1v) is 17.5. The van der Waals surface area contributed by atoms with Crippen molar-refractivity contribution in [1.29, 1.82) is 0 Å². The van der Waals surface area contributed by atoms with E-state index in [1.165, 1.54) is 33.3 Å². The van der Waals surface area contributed by atoms with Gasteiger partial charge in [0.1, 0.15) is 25.4 Å². The number of rotatable bonds is 14. The van der Waals surface area contributed by atoms with Crippen LogP contribution in [-0.4, -0.2) is 72.6 Å². The van der Waals surface area contributed by atoms with Crippen LogP contribution in [0.4, 0.5) is 0 Å². The lowest BCUT2D eigenvalue weighted by molar-refractivity contribution is -0.161. The Morgan fingerprint density at radius 2 is 1.06 bits per heavy atom. The molecule has 1 fully saturated rings. The van der Waals surface area contributed by atoms with E-state index in [-0.39, 0.29) is 53.6 Å². The molecule has 1 rings (SSSR count). The van der Waals surface area contributed by atoms with E-state index >= 15 is 0 Å². The Morgan fingerprint density at radius 3 is 1.39 bits per heavy atom. The summed E-state index contributed by atoms with van der Waals surface area (Å²) in [7, 11) is 1.42. The van der Waals surface area contributed by atoms with Gasteiger partial charge in [-0.15, -0.1) is 0 Å². The standard InChI is InChI=1S/C13H22O5.C12H22O2.C7H14O2.C6H12O2/c1-6-13(4,5)12(16)18-8-10(14)7-17-11(15)9(2)3;1-4-12(2,3)11(13)14-10-8-6-5-7-9-10;1-5-7(2,3)6(8)9-4;1-4-6(2,3)5(7)8/h10,14H,2,6-8H2,1,3-5H3;10H,4-9H2,1-3H3;5H2,1-4H3;4H2,1-3H3,(H,7,8). The minimum atomic E-state index is -1.02. The molecule has 0 radical (unpaired) electrons. The molecular formula is C38H70O11. The number of aliphatic carboxylic acids is 1. The number of methoxy groups -OCH3 is 1. The first-order chi connectivity index (χ1) is 22.3. The van der Waals surface area contributed by atoms with Crippen LogP contribution in [0, 0.1) is 21.7 Å². The predicted molar refractivity (Wildman–Crippen MR) is 192 cm³/mol. The van der Waals surface area contributed by atoms with Crippen LogP contribution >= 0.6 is 0 Å². The van der Waals surface area contributed by atoms with Crippen molar-refractivity contribution >= 4 is 29.8 Å². The average Bonchev–Trinajstić information content (AvgIpc) is 3.06. The molecular weight excluding hydrogens is 632 g/mol. The largest absolute Gasteiger partial charge is 0.481 e. The Kier molecular flexibility index (Phi) is 24.9. The van der Waals surface area contributed by atoms with E-state index in [4.69, 9.17) is 19.3 Å². The zero-order chi connectivity index (χ0) is 39.2. The fourth-order valence-electron chi connectivity index (χ4n) is 3.06. The van der Waals surface area contributed by atoms with Gasteiger partial charge < -0.3 is 29.2 Å². The van der Waals surface area contributed by atoms with Gasteiger partial charge in [-0.3, -0.25) is 19.2 Å². The molecule has 0 aliphatic heterocycles. The highest BCUT2D eigenvalue weighted by atomic mass is 16.6. The molecule has 0 aromatic heterocycles. The van der Waals surface area contributed by atoms with E-state index < -0.39 is 28.9 Å². The summed E-state index contributed by atoms with van der Waals surface area (Å²) in [5, 5.41) is 17.9. The third-order valence-corrected chi connectivity index (χ3v) is 8.95. The molecule has 0 aromatic carbocycles. The first-order valence-electron chi connectivity index (χ1n) is 17.5. The fourth-order valence-corrected chi connectivity index (χ4v) is 3.06. The van der Waals surface area contributed by atoms with Crippen molar-refractivity contribution in [2.45, 2.75) is 160 Å². The molecule has 1 aliphatic rings. The van der Waals surface area contributed by atoms with Crippen molar-refractivity contribution < 1.29 is 53.1 Å². The number of aliphatic hydroxyl groups is 1. The third kappa shape index (κ3) is 22.4. The summed E-state index contributed by atoms with van der Waals surface area (Å²) in [6, 6.07) is 0. The zero-order valence-electron chi connectivity index (χ0n) is 33.2. The van der Waals surface area contributed by atoms with Crippen molar-refractivity contribution in [2.24, 2.45) is 21.7 Å². The molecule has 1 unspecified atom stereocenters. The van der Waals surface area contributed by atoms with Gasteiger partial charge in [-0.1, -0.05) is 40.7 Å². The Hall–Kier alpha value is -2.95. The lowest BCUT2D eigenvalue weighted by Crippen LogP contribution is -2.31. The quantitative estimate of drug-likeness (QED) is 0.103. The van der Waals surface area contributed by atoms with Crippen LogP contribution in [0.25, 0.3) is 0 Å².